The topological polar surface area (TPSA) is 55.2 Å². The van der Waals surface area contributed by atoms with Gasteiger partial charge in [0.25, 0.3) is 11.5 Å². The van der Waals surface area contributed by atoms with Crippen LogP contribution >= 0.6 is 11.6 Å². The molecule has 0 saturated carbocycles. The molecule has 8 heteroatoms. The minimum atomic E-state index is -0.612. The number of fused-ring (bicyclic) bond motifs is 1. The highest BCUT2D eigenvalue weighted by atomic mass is 35.5. The van der Waals surface area contributed by atoms with Crippen molar-refractivity contribution in [2.24, 2.45) is 0 Å². The zero-order valence-electron chi connectivity index (χ0n) is 17.9. The number of carbonyl (C=O) groups excluding carboxylic acids is 1. The zero-order chi connectivity index (χ0) is 23.7. The molecule has 1 amide bonds. The first kappa shape index (κ1) is 22.6. The van der Waals surface area contributed by atoms with Crippen LogP contribution in [-0.4, -0.2) is 27.4 Å². The first-order valence-electron chi connectivity index (χ1n) is 10.3. The molecule has 1 aromatic heterocycles. The monoisotopic (exact) mass is 467 g/mol. The van der Waals surface area contributed by atoms with Gasteiger partial charge in [-0.3, -0.25) is 14.2 Å². The number of benzene rings is 3. The number of para-hydroxylation sites is 1. The molecule has 0 N–H and O–H groups in total. The molecule has 1 heterocycles. The maximum absolute atomic E-state index is 13.8. The minimum Gasteiger partial charge on any atom is -0.332 e. The molecule has 5 nitrogen and oxygen atoms in total. The van der Waals surface area contributed by atoms with E-state index in [4.69, 9.17) is 16.6 Å². The highest BCUT2D eigenvalue weighted by molar-refractivity contribution is 6.30. The molecule has 0 aliphatic heterocycles. The second-order valence-electron chi connectivity index (χ2n) is 7.57. The maximum Gasteiger partial charge on any atom is 0.266 e. The minimum absolute atomic E-state index is 0.137. The number of hydrogen-bond acceptors (Lipinski definition) is 3. The van der Waals surface area contributed by atoms with E-state index in [1.807, 2.05) is 6.92 Å². The molecule has 4 aromatic rings. The number of aromatic nitrogens is 2. The molecule has 0 saturated heterocycles. The van der Waals surface area contributed by atoms with Crippen LogP contribution in [0.15, 0.2) is 71.5 Å². The summed E-state index contributed by atoms with van der Waals surface area (Å²) in [6, 6.07) is 15.5. The third-order valence-corrected chi connectivity index (χ3v) is 5.82. The predicted molar refractivity (Wildman–Crippen MR) is 124 cm³/mol. The largest absolute Gasteiger partial charge is 0.332 e. The lowest BCUT2D eigenvalue weighted by molar-refractivity contribution is 0.0717. The molecular formula is C25H20ClF2N3O2. The molecule has 4 rings (SSSR count). The van der Waals surface area contributed by atoms with Gasteiger partial charge in [0.2, 0.25) is 0 Å². The van der Waals surface area contributed by atoms with Crippen molar-refractivity contribution >= 4 is 28.4 Å². The first-order valence-corrected chi connectivity index (χ1v) is 10.7. The van der Waals surface area contributed by atoms with E-state index in [0.29, 0.717) is 34.4 Å². The molecule has 168 valence electrons. The number of carbonyl (C=O) groups is 1. The second-order valence-corrected chi connectivity index (χ2v) is 7.98. The van der Waals surface area contributed by atoms with Crippen molar-refractivity contribution in [3.8, 4) is 5.69 Å². The van der Waals surface area contributed by atoms with Crippen molar-refractivity contribution in [1.29, 1.82) is 0 Å². The van der Waals surface area contributed by atoms with Gasteiger partial charge in [-0.15, -0.1) is 0 Å². The Hall–Kier alpha value is -3.58. The van der Waals surface area contributed by atoms with Gasteiger partial charge in [-0.05, 0) is 61.0 Å². The van der Waals surface area contributed by atoms with Crippen LogP contribution in [-0.2, 0) is 0 Å². The Morgan fingerprint density at radius 1 is 1.09 bits per heavy atom. The summed E-state index contributed by atoms with van der Waals surface area (Å²) in [6.45, 7) is 1.86. The van der Waals surface area contributed by atoms with Crippen molar-refractivity contribution in [1.82, 2.24) is 14.5 Å². The third-order valence-electron chi connectivity index (χ3n) is 5.53. The van der Waals surface area contributed by atoms with Gasteiger partial charge >= 0.3 is 0 Å². The second kappa shape index (κ2) is 9.11. The van der Waals surface area contributed by atoms with Crippen molar-refractivity contribution in [2.75, 3.05) is 7.05 Å². The smallest absolute Gasteiger partial charge is 0.266 e. The normalized spacial score (nSPS) is 12.0. The molecule has 0 bridgehead atoms. The Kier molecular flexibility index (Phi) is 6.24. The van der Waals surface area contributed by atoms with Gasteiger partial charge in [0, 0.05) is 12.6 Å². The van der Waals surface area contributed by atoms with Crippen LogP contribution in [0.2, 0.25) is 5.02 Å². The highest BCUT2D eigenvalue weighted by Gasteiger charge is 2.27. The third kappa shape index (κ3) is 4.24. The Balaban J connectivity index is 1.92. The van der Waals surface area contributed by atoms with Gasteiger partial charge in [0.15, 0.2) is 0 Å². The van der Waals surface area contributed by atoms with Crippen LogP contribution in [0.3, 0.4) is 0 Å². The summed E-state index contributed by atoms with van der Waals surface area (Å²) in [4.78, 5) is 32.8. The lowest BCUT2D eigenvalue weighted by atomic mass is 10.1. The fraction of sp³-hybridized carbons (Fsp3) is 0.160. The summed E-state index contributed by atoms with van der Waals surface area (Å²) in [5.41, 5.74) is 0.750. The number of hydrogen-bond donors (Lipinski definition) is 0. The van der Waals surface area contributed by atoms with Crippen molar-refractivity contribution in [2.45, 2.75) is 19.4 Å². The Morgan fingerprint density at radius 2 is 1.79 bits per heavy atom. The summed E-state index contributed by atoms with van der Waals surface area (Å²) >= 11 is 6.00. The van der Waals surface area contributed by atoms with Crippen LogP contribution in [0.4, 0.5) is 8.78 Å². The predicted octanol–water partition coefficient (Wildman–Crippen LogP) is 5.54. The van der Waals surface area contributed by atoms with Gasteiger partial charge < -0.3 is 4.90 Å². The fourth-order valence-corrected chi connectivity index (χ4v) is 3.99. The zero-order valence-corrected chi connectivity index (χ0v) is 18.7. The van der Waals surface area contributed by atoms with Crippen LogP contribution in [0.5, 0.6) is 0 Å². The number of halogens is 3. The molecule has 0 aliphatic carbocycles. The van der Waals surface area contributed by atoms with Gasteiger partial charge in [-0.1, -0.05) is 30.7 Å². The number of nitrogens with zero attached hydrogens (tertiary/aromatic N) is 3. The van der Waals surface area contributed by atoms with E-state index in [2.05, 4.69) is 0 Å². The molecule has 1 unspecified atom stereocenters. The van der Waals surface area contributed by atoms with E-state index < -0.39 is 17.7 Å². The Morgan fingerprint density at radius 3 is 2.45 bits per heavy atom. The van der Waals surface area contributed by atoms with E-state index in [9.17, 15) is 18.4 Å². The van der Waals surface area contributed by atoms with E-state index in [1.165, 1.54) is 51.9 Å². The molecule has 33 heavy (non-hydrogen) atoms. The summed E-state index contributed by atoms with van der Waals surface area (Å²) < 4.78 is 28.5. The quantitative estimate of drug-likeness (QED) is 0.387. The van der Waals surface area contributed by atoms with E-state index in [0.717, 1.165) is 0 Å². The maximum atomic E-state index is 13.8. The summed E-state index contributed by atoms with van der Waals surface area (Å²) in [5.74, 6) is -1.10. The SMILES string of the molecule is CCC(c1nc2ccccc2c(=O)n1-c1ccc(F)c(Cl)c1)N(C)C(=O)c1ccc(F)cc1. The van der Waals surface area contributed by atoms with Gasteiger partial charge in [-0.25, -0.2) is 13.8 Å². The van der Waals surface area contributed by atoms with Gasteiger partial charge in [0.05, 0.1) is 27.7 Å². The van der Waals surface area contributed by atoms with Crippen molar-refractivity contribution in [3.63, 3.8) is 0 Å². The lowest BCUT2D eigenvalue weighted by Crippen LogP contribution is -2.36. The average Bonchev–Trinajstić information content (AvgIpc) is 2.82. The van der Waals surface area contributed by atoms with E-state index in [-0.39, 0.29) is 16.5 Å². The van der Waals surface area contributed by atoms with E-state index in [1.54, 1.807) is 31.3 Å². The molecule has 3 aromatic carbocycles. The van der Waals surface area contributed by atoms with Gasteiger partial charge in [-0.2, -0.15) is 0 Å². The Labute approximate surface area is 193 Å². The average molecular weight is 468 g/mol. The highest BCUT2D eigenvalue weighted by Crippen LogP contribution is 2.27. The molecule has 0 spiro atoms. The summed E-state index contributed by atoms with van der Waals surface area (Å²) in [6.07, 6.45) is 0.434. The molecule has 0 aliphatic rings. The van der Waals surface area contributed by atoms with Crippen LogP contribution in [0, 0.1) is 11.6 Å². The van der Waals surface area contributed by atoms with Crippen molar-refractivity contribution < 1.29 is 13.6 Å². The van der Waals surface area contributed by atoms with Crippen molar-refractivity contribution in [3.05, 3.63) is 105 Å². The molecule has 0 radical (unpaired) electrons. The van der Waals surface area contributed by atoms with Crippen LogP contribution < -0.4 is 5.56 Å². The standard InChI is InChI=1S/C25H20ClF2N3O2/c1-3-22(30(2)24(32)15-8-10-16(27)11-9-15)23-29-21-7-5-4-6-18(21)25(33)31(23)17-12-13-20(28)19(26)14-17/h4-14,22H,3H2,1-2H3. The lowest BCUT2D eigenvalue weighted by Gasteiger charge is -2.29. The van der Waals surface area contributed by atoms with Crippen LogP contribution in [0.25, 0.3) is 16.6 Å². The first-order chi connectivity index (χ1) is 15.8. The molecule has 0 fully saturated rings. The van der Waals surface area contributed by atoms with Gasteiger partial charge in [0.1, 0.15) is 17.5 Å². The molecular weight excluding hydrogens is 448 g/mol. The van der Waals surface area contributed by atoms with Crippen LogP contribution in [0.1, 0.15) is 35.6 Å². The summed E-state index contributed by atoms with van der Waals surface area (Å²) in [7, 11) is 1.60. The number of amides is 1. The number of rotatable bonds is 5. The summed E-state index contributed by atoms with van der Waals surface area (Å²) in [5, 5.41) is 0.242. The fourth-order valence-electron chi connectivity index (χ4n) is 3.81. The van der Waals surface area contributed by atoms with E-state index >= 15 is 0 Å². The Bertz CT molecular complexity index is 1400. The molecule has 1 atom stereocenters.